The summed E-state index contributed by atoms with van der Waals surface area (Å²) in [5.41, 5.74) is 0.567. The third kappa shape index (κ3) is 3.42. The van der Waals surface area contributed by atoms with Gasteiger partial charge in [0.05, 0.1) is 0 Å². The highest BCUT2D eigenvalue weighted by Gasteiger charge is 2.33. The molecule has 0 aliphatic heterocycles. The van der Waals surface area contributed by atoms with Gasteiger partial charge in [0.25, 0.3) is 0 Å². The molecule has 0 aliphatic rings. The fourth-order valence-corrected chi connectivity index (χ4v) is 1.62. The number of Topliss-reactive ketones (excluding diaryl/α,β-unsaturated/α-hetero) is 1. The van der Waals surface area contributed by atoms with Crippen molar-refractivity contribution in [1.82, 2.24) is 14.8 Å². The van der Waals surface area contributed by atoms with E-state index < -0.39 is 11.5 Å². The summed E-state index contributed by atoms with van der Waals surface area (Å²) in [5.74, 6) is 0.339. The number of hydrogen-bond acceptors (Lipinski definition) is 3. The minimum Gasteiger partial charge on any atom is -0.296 e. The zero-order chi connectivity index (χ0) is 13.8. The number of carbonyl (C=O) groups excluding carboxylic acids is 1. The second-order valence-corrected chi connectivity index (χ2v) is 5.34. The van der Waals surface area contributed by atoms with Gasteiger partial charge in [0.2, 0.25) is 0 Å². The lowest BCUT2D eigenvalue weighted by molar-refractivity contribution is -0.128. The van der Waals surface area contributed by atoms with Gasteiger partial charge < -0.3 is 0 Å². The molecule has 0 saturated heterocycles. The van der Waals surface area contributed by atoms with Crippen LogP contribution in [0.15, 0.2) is 24.3 Å². The van der Waals surface area contributed by atoms with Gasteiger partial charge in [0, 0.05) is 11.3 Å². The molecule has 0 aliphatic carbocycles. The van der Waals surface area contributed by atoms with E-state index in [2.05, 4.69) is 17.0 Å². The highest BCUT2D eigenvalue weighted by Crippen LogP contribution is 2.27. The molecule has 5 heteroatoms. The molecule has 0 amide bonds. The van der Waals surface area contributed by atoms with Crippen LogP contribution in [-0.2, 0) is 4.79 Å². The molecular weight excluding hydrogens is 250 g/mol. The summed E-state index contributed by atoms with van der Waals surface area (Å²) in [4.78, 5) is 16.4. The van der Waals surface area contributed by atoms with Crippen LogP contribution in [0.4, 0.5) is 0 Å². The largest absolute Gasteiger partial charge is 0.296 e. The summed E-state index contributed by atoms with van der Waals surface area (Å²) in [6.45, 7) is 7.76. The van der Waals surface area contributed by atoms with Gasteiger partial charge in [-0.25, -0.2) is 9.67 Å². The van der Waals surface area contributed by atoms with Crippen LogP contribution in [0.2, 0.25) is 0 Å². The van der Waals surface area contributed by atoms with Crippen molar-refractivity contribution in [2.24, 2.45) is 5.41 Å². The molecule has 1 aromatic rings. The minimum atomic E-state index is -0.581. The number of ketones is 1. The third-order valence-electron chi connectivity index (χ3n) is 2.99. The molecule has 1 heterocycles. The Balaban J connectivity index is 3.10. The Labute approximate surface area is 113 Å². The molecule has 4 nitrogen and oxygen atoms in total. The van der Waals surface area contributed by atoms with E-state index in [0.29, 0.717) is 0 Å². The van der Waals surface area contributed by atoms with E-state index in [1.165, 1.54) is 6.33 Å². The fourth-order valence-electron chi connectivity index (χ4n) is 1.49. The SMILES string of the molecule is CC/C(C)=C/C(C(=O)C(C)(C)CCl)n1cncn1. The fraction of sp³-hybridized carbons (Fsp3) is 0.615. The van der Waals surface area contributed by atoms with Crippen LogP contribution in [0.3, 0.4) is 0 Å². The average molecular weight is 270 g/mol. The summed E-state index contributed by atoms with van der Waals surface area (Å²) in [6.07, 6.45) is 5.83. The summed E-state index contributed by atoms with van der Waals surface area (Å²) in [6, 6.07) is -0.429. The topological polar surface area (TPSA) is 47.8 Å². The van der Waals surface area contributed by atoms with Crippen molar-refractivity contribution in [2.75, 3.05) is 5.88 Å². The normalized spacial score (nSPS) is 14.6. The lowest BCUT2D eigenvalue weighted by Gasteiger charge is -2.25. The number of nitrogens with zero attached hydrogens (tertiary/aromatic N) is 3. The maximum atomic E-state index is 12.5. The van der Waals surface area contributed by atoms with Crippen molar-refractivity contribution in [3.63, 3.8) is 0 Å². The smallest absolute Gasteiger partial charge is 0.168 e. The molecule has 0 spiro atoms. The molecule has 0 bridgehead atoms. The van der Waals surface area contributed by atoms with E-state index in [-0.39, 0.29) is 11.7 Å². The Morgan fingerprint density at radius 2 is 2.22 bits per heavy atom. The molecule has 0 radical (unpaired) electrons. The maximum Gasteiger partial charge on any atom is 0.168 e. The summed E-state index contributed by atoms with van der Waals surface area (Å²) < 4.78 is 1.58. The van der Waals surface area contributed by atoms with E-state index in [1.807, 2.05) is 26.8 Å². The standard InChI is InChI=1S/C13H20ClN3O/c1-5-10(2)6-11(17-9-15-8-16-17)12(18)13(3,4)7-14/h6,8-9,11H,5,7H2,1-4H3/b10-6+. The molecule has 0 N–H and O–H groups in total. The van der Waals surface area contributed by atoms with Crippen molar-refractivity contribution in [2.45, 2.75) is 40.2 Å². The highest BCUT2D eigenvalue weighted by atomic mass is 35.5. The number of carbonyl (C=O) groups is 1. The summed E-state index contributed by atoms with van der Waals surface area (Å²) >= 11 is 5.88. The van der Waals surface area contributed by atoms with Crippen LogP contribution < -0.4 is 0 Å². The van der Waals surface area contributed by atoms with Gasteiger partial charge in [-0.3, -0.25) is 4.79 Å². The van der Waals surface area contributed by atoms with Gasteiger partial charge in [-0.15, -0.1) is 11.6 Å². The van der Waals surface area contributed by atoms with Gasteiger partial charge in [0.1, 0.15) is 18.7 Å². The summed E-state index contributed by atoms with van der Waals surface area (Å²) in [5, 5.41) is 4.07. The molecule has 1 rings (SSSR count). The zero-order valence-corrected chi connectivity index (χ0v) is 12.1. The molecule has 100 valence electrons. The van der Waals surface area contributed by atoms with Gasteiger partial charge in [-0.1, -0.05) is 32.4 Å². The number of halogens is 1. The van der Waals surface area contributed by atoms with E-state index in [4.69, 9.17) is 11.6 Å². The predicted octanol–water partition coefficient (Wildman–Crippen LogP) is 3.01. The summed E-state index contributed by atoms with van der Waals surface area (Å²) in [7, 11) is 0. The van der Waals surface area contributed by atoms with Gasteiger partial charge in [-0.05, 0) is 13.3 Å². The molecule has 18 heavy (non-hydrogen) atoms. The molecule has 0 saturated carbocycles. The lowest BCUT2D eigenvalue weighted by Crippen LogP contribution is -2.33. The van der Waals surface area contributed by atoms with Crippen LogP contribution in [0, 0.1) is 5.41 Å². The first-order valence-electron chi connectivity index (χ1n) is 6.04. The minimum absolute atomic E-state index is 0.0517. The number of allylic oxidation sites excluding steroid dienone is 2. The van der Waals surface area contributed by atoms with Gasteiger partial charge in [0.15, 0.2) is 5.78 Å². The van der Waals surface area contributed by atoms with Crippen LogP contribution in [-0.4, -0.2) is 26.4 Å². The van der Waals surface area contributed by atoms with E-state index >= 15 is 0 Å². The number of aromatic nitrogens is 3. The number of alkyl halides is 1. The molecule has 1 atom stereocenters. The third-order valence-corrected chi connectivity index (χ3v) is 3.66. The van der Waals surface area contributed by atoms with Crippen LogP contribution in [0.25, 0.3) is 0 Å². The zero-order valence-electron chi connectivity index (χ0n) is 11.4. The Kier molecular flexibility index (Phi) is 5.08. The van der Waals surface area contributed by atoms with Crippen molar-refractivity contribution < 1.29 is 4.79 Å². The molecular formula is C13H20ClN3O. The number of hydrogen-bond donors (Lipinski definition) is 0. The predicted molar refractivity (Wildman–Crippen MR) is 72.6 cm³/mol. The number of rotatable bonds is 6. The van der Waals surface area contributed by atoms with E-state index in [1.54, 1.807) is 11.0 Å². The highest BCUT2D eigenvalue weighted by molar-refractivity contribution is 6.20. The van der Waals surface area contributed by atoms with Crippen molar-refractivity contribution in [3.05, 3.63) is 24.3 Å². The molecule has 1 unspecified atom stereocenters. The lowest BCUT2D eigenvalue weighted by atomic mass is 9.85. The van der Waals surface area contributed by atoms with Crippen molar-refractivity contribution in [1.29, 1.82) is 0 Å². The molecule has 0 fully saturated rings. The Morgan fingerprint density at radius 3 is 2.67 bits per heavy atom. The Bertz CT molecular complexity index is 423. The van der Waals surface area contributed by atoms with Crippen LogP contribution >= 0.6 is 11.6 Å². The van der Waals surface area contributed by atoms with Crippen molar-refractivity contribution >= 4 is 17.4 Å². The molecule has 1 aromatic heterocycles. The van der Waals surface area contributed by atoms with Crippen LogP contribution in [0.1, 0.15) is 40.2 Å². The first kappa shape index (κ1) is 14.9. The van der Waals surface area contributed by atoms with Crippen LogP contribution in [0.5, 0.6) is 0 Å². The first-order valence-corrected chi connectivity index (χ1v) is 6.57. The second kappa shape index (κ2) is 6.14. The van der Waals surface area contributed by atoms with E-state index in [0.717, 1.165) is 12.0 Å². The Hall–Kier alpha value is -1.16. The van der Waals surface area contributed by atoms with Gasteiger partial charge >= 0.3 is 0 Å². The quantitative estimate of drug-likeness (QED) is 0.589. The van der Waals surface area contributed by atoms with E-state index in [9.17, 15) is 4.79 Å². The Morgan fingerprint density at radius 1 is 1.56 bits per heavy atom. The average Bonchev–Trinajstić information content (AvgIpc) is 2.88. The monoisotopic (exact) mass is 269 g/mol. The first-order chi connectivity index (χ1) is 8.42. The maximum absolute atomic E-state index is 12.5. The van der Waals surface area contributed by atoms with Crippen molar-refractivity contribution in [3.8, 4) is 0 Å². The molecule has 0 aromatic carbocycles. The van der Waals surface area contributed by atoms with Gasteiger partial charge in [-0.2, -0.15) is 5.10 Å². The second-order valence-electron chi connectivity index (χ2n) is 5.07.